The van der Waals surface area contributed by atoms with Crippen molar-refractivity contribution in [3.05, 3.63) is 11.6 Å². The molecule has 0 fully saturated rings. The van der Waals surface area contributed by atoms with Crippen molar-refractivity contribution >= 4 is 28.6 Å². The van der Waals surface area contributed by atoms with Crippen molar-refractivity contribution in [1.29, 1.82) is 0 Å². The van der Waals surface area contributed by atoms with Gasteiger partial charge >= 0.3 is 0 Å². The number of nitrogens with zero attached hydrogens (tertiary/aromatic N) is 3. The number of imidazole rings is 1. The van der Waals surface area contributed by atoms with Gasteiger partial charge in [-0.1, -0.05) is 0 Å². The van der Waals surface area contributed by atoms with Crippen LogP contribution in [-0.4, -0.2) is 49.4 Å². The van der Waals surface area contributed by atoms with Gasteiger partial charge in [0.05, 0.1) is 25.6 Å². The molecular formula is C8H10ClN5O2. The summed E-state index contributed by atoms with van der Waals surface area (Å²) < 4.78 is 0. The van der Waals surface area contributed by atoms with Gasteiger partial charge in [-0.15, -0.1) is 0 Å². The van der Waals surface area contributed by atoms with Crippen molar-refractivity contribution < 1.29 is 10.2 Å². The third-order valence-corrected chi connectivity index (χ3v) is 2.21. The lowest BCUT2D eigenvalue weighted by atomic mass is 10.3. The minimum atomic E-state index is -0.502. The largest absolute Gasteiger partial charge is 0.394 e. The highest BCUT2D eigenvalue weighted by Gasteiger charge is 2.12. The van der Waals surface area contributed by atoms with E-state index < -0.39 is 6.04 Å². The number of aromatic nitrogens is 4. The quantitative estimate of drug-likeness (QED) is 0.553. The molecule has 0 saturated carbocycles. The van der Waals surface area contributed by atoms with E-state index in [1.165, 1.54) is 6.33 Å². The second-order valence-corrected chi connectivity index (χ2v) is 3.49. The summed E-state index contributed by atoms with van der Waals surface area (Å²) in [4.78, 5) is 14.7. The first-order valence-electron chi connectivity index (χ1n) is 4.59. The van der Waals surface area contributed by atoms with Crippen LogP contribution >= 0.6 is 11.6 Å². The predicted octanol–water partition coefficient (Wildman–Crippen LogP) is -0.229. The summed E-state index contributed by atoms with van der Waals surface area (Å²) in [7, 11) is 0. The number of anilines is 1. The molecule has 86 valence electrons. The number of hydrogen-bond acceptors (Lipinski definition) is 6. The number of H-pyrrole nitrogens is 1. The molecular weight excluding hydrogens is 234 g/mol. The maximum Gasteiger partial charge on any atom is 0.226 e. The Bertz CT molecular complexity index is 484. The molecule has 0 spiro atoms. The zero-order valence-electron chi connectivity index (χ0n) is 8.18. The smallest absolute Gasteiger partial charge is 0.226 e. The van der Waals surface area contributed by atoms with Crippen LogP contribution in [0.1, 0.15) is 0 Å². The summed E-state index contributed by atoms with van der Waals surface area (Å²) in [6.07, 6.45) is 1.47. The van der Waals surface area contributed by atoms with E-state index in [4.69, 9.17) is 21.8 Å². The average Bonchev–Trinajstić information content (AvgIpc) is 2.73. The Morgan fingerprint density at radius 3 is 2.81 bits per heavy atom. The molecule has 0 radical (unpaired) electrons. The van der Waals surface area contributed by atoms with Crippen molar-refractivity contribution in [2.24, 2.45) is 0 Å². The molecule has 0 amide bonds. The van der Waals surface area contributed by atoms with Gasteiger partial charge in [0.25, 0.3) is 0 Å². The molecule has 0 saturated heterocycles. The molecule has 2 aromatic rings. The fourth-order valence-corrected chi connectivity index (χ4v) is 1.42. The van der Waals surface area contributed by atoms with Crippen LogP contribution in [0.5, 0.6) is 0 Å². The average molecular weight is 244 g/mol. The Labute approximate surface area is 95.5 Å². The number of nitrogens with one attached hydrogen (secondary N) is 2. The summed E-state index contributed by atoms with van der Waals surface area (Å²) in [6.45, 7) is -0.429. The van der Waals surface area contributed by atoms with Gasteiger partial charge < -0.3 is 20.5 Å². The van der Waals surface area contributed by atoms with Gasteiger partial charge in [0, 0.05) is 0 Å². The van der Waals surface area contributed by atoms with Crippen LogP contribution in [0.4, 0.5) is 5.82 Å². The Kier molecular flexibility index (Phi) is 3.18. The fraction of sp³-hybridized carbons (Fsp3) is 0.375. The van der Waals surface area contributed by atoms with E-state index in [9.17, 15) is 0 Å². The van der Waals surface area contributed by atoms with E-state index in [-0.39, 0.29) is 18.5 Å². The Balaban J connectivity index is 2.38. The van der Waals surface area contributed by atoms with E-state index in [0.717, 1.165) is 0 Å². The summed E-state index contributed by atoms with van der Waals surface area (Å²) in [5, 5.41) is 20.8. The maximum absolute atomic E-state index is 8.95. The van der Waals surface area contributed by atoms with E-state index in [1.54, 1.807) is 0 Å². The number of fused-ring (bicyclic) bond motifs is 1. The molecule has 2 aromatic heterocycles. The topological polar surface area (TPSA) is 107 Å². The molecule has 0 aliphatic heterocycles. The van der Waals surface area contributed by atoms with E-state index >= 15 is 0 Å². The van der Waals surface area contributed by atoms with Crippen LogP contribution in [0.3, 0.4) is 0 Å². The third kappa shape index (κ3) is 2.06. The number of aromatic amines is 1. The monoisotopic (exact) mass is 243 g/mol. The normalized spacial score (nSPS) is 11.2. The molecule has 4 N–H and O–H groups in total. The van der Waals surface area contributed by atoms with E-state index in [0.29, 0.717) is 17.0 Å². The van der Waals surface area contributed by atoms with Crippen LogP contribution in [0.25, 0.3) is 11.2 Å². The lowest BCUT2D eigenvalue weighted by Crippen LogP contribution is -2.28. The summed E-state index contributed by atoms with van der Waals surface area (Å²) in [6, 6.07) is -0.502. The molecule has 0 aliphatic rings. The van der Waals surface area contributed by atoms with Crippen LogP contribution in [0, 0.1) is 0 Å². The molecule has 0 aromatic carbocycles. The predicted molar refractivity (Wildman–Crippen MR) is 58.3 cm³/mol. The Hall–Kier alpha value is -1.44. The first-order valence-corrected chi connectivity index (χ1v) is 4.97. The van der Waals surface area contributed by atoms with Gasteiger partial charge in [-0.3, -0.25) is 0 Å². The third-order valence-electron chi connectivity index (χ3n) is 2.04. The van der Waals surface area contributed by atoms with Gasteiger partial charge in [0.1, 0.15) is 5.52 Å². The van der Waals surface area contributed by atoms with E-state index in [1.807, 2.05) is 0 Å². The Morgan fingerprint density at radius 2 is 2.12 bits per heavy atom. The van der Waals surface area contributed by atoms with E-state index in [2.05, 4.69) is 25.3 Å². The zero-order chi connectivity index (χ0) is 11.5. The number of rotatable bonds is 4. The highest BCUT2D eigenvalue weighted by molar-refractivity contribution is 6.28. The van der Waals surface area contributed by atoms with Crippen LogP contribution in [0.2, 0.25) is 5.28 Å². The first kappa shape index (κ1) is 11.1. The number of hydrogen-bond donors (Lipinski definition) is 4. The summed E-state index contributed by atoms with van der Waals surface area (Å²) >= 11 is 5.71. The standard InChI is InChI=1S/C8H10ClN5O2/c9-8-13-6-5(10-3-11-6)7(14-8)12-4(1-15)2-16/h3-4,15-16H,1-2H2,(H2,10,11,12,13,14). The number of aliphatic hydroxyl groups is 2. The number of halogens is 1. The van der Waals surface area contributed by atoms with Gasteiger partial charge in [0.2, 0.25) is 5.28 Å². The van der Waals surface area contributed by atoms with Crippen molar-refractivity contribution in [2.45, 2.75) is 6.04 Å². The molecule has 0 bridgehead atoms. The molecule has 0 atom stereocenters. The minimum absolute atomic E-state index is 0.0525. The molecule has 0 unspecified atom stereocenters. The lowest BCUT2D eigenvalue weighted by molar-refractivity contribution is 0.203. The molecule has 7 nitrogen and oxygen atoms in total. The van der Waals surface area contributed by atoms with Crippen molar-refractivity contribution in [1.82, 2.24) is 19.9 Å². The van der Waals surface area contributed by atoms with Crippen molar-refractivity contribution in [2.75, 3.05) is 18.5 Å². The van der Waals surface area contributed by atoms with Crippen LogP contribution in [-0.2, 0) is 0 Å². The molecule has 0 aliphatic carbocycles. The summed E-state index contributed by atoms with van der Waals surface area (Å²) in [5.74, 6) is 0.403. The fourth-order valence-electron chi connectivity index (χ4n) is 1.25. The van der Waals surface area contributed by atoms with Crippen LogP contribution in [0.15, 0.2) is 6.33 Å². The Morgan fingerprint density at radius 1 is 1.38 bits per heavy atom. The summed E-state index contributed by atoms with van der Waals surface area (Å²) in [5.41, 5.74) is 1.01. The molecule has 8 heteroatoms. The van der Waals surface area contributed by atoms with Gasteiger partial charge in [-0.2, -0.15) is 9.97 Å². The maximum atomic E-state index is 8.95. The number of aliphatic hydroxyl groups excluding tert-OH is 2. The molecule has 16 heavy (non-hydrogen) atoms. The zero-order valence-corrected chi connectivity index (χ0v) is 8.94. The molecule has 2 rings (SSSR count). The van der Waals surface area contributed by atoms with Gasteiger partial charge in [-0.05, 0) is 11.6 Å². The SMILES string of the molecule is OCC(CO)Nc1nc(Cl)nc2nc[nH]c12. The first-order chi connectivity index (χ1) is 7.74. The van der Waals surface area contributed by atoms with Crippen molar-refractivity contribution in [3.8, 4) is 0 Å². The van der Waals surface area contributed by atoms with Crippen molar-refractivity contribution in [3.63, 3.8) is 0 Å². The highest BCUT2D eigenvalue weighted by atomic mass is 35.5. The van der Waals surface area contributed by atoms with Gasteiger partial charge in [-0.25, -0.2) is 4.98 Å². The van der Waals surface area contributed by atoms with Gasteiger partial charge in [0.15, 0.2) is 11.5 Å². The lowest BCUT2D eigenvalue weighted by Gasteiger charge is -2.14. The molecule has 2 heterocycles. The second kappa shape index (κ2) is 4.60. The second-order valence-electron chi connectivity index (χ2n) is 3.15. The minimum Gasteiger partial charge on any atom is -0.394 e. The van der Waals surface area contributed by atoms with Crippen LogP contribution < -0.4 is 5.32 Å². The highest BCUT2D eigenvalue weighted by Crippen LogP contribution is 2.18.